The number of hydrogen-bond acceptors (Lipinski definition) is 3. The van der Waals surface area contributed by atoms with E-state index in [1.807, 2.05) is 0 Å². The molecule has 0 spiro atoms. The molecule has 1 saturated carbocycles. The van der Waals surface area contributed by atoms with Gasteiger partial charge in [0.25, 0.3) is 0 Å². The summed E-state index contributed by atoms with van der Waals surface area (Å²) in [6.45, 7) is 0. The zero-order chi connectivity index (χ0) is 15.5. The van der Waals surface area contributed by atoms with Crippen LogP contribution < -0.4 is 5.32 Å². The van der Waals surface area contributed by atoms with Gasteiger partial charge in [-0.1, -0.05) is 0 Å². The molecule has 0 unspecified atom stereocenters. The van der Waals surface area contributed by atoms with Crippen LogP contribution in [0, 0.1) is 5.92 Å². The number of carbonyl (C=O) groups excluding carboxylic acids is 1. The molecule has 0 amide bonds. The lowest BCUT2D eigenvalue weighted by molar-refractivity contribution is -0.182. The number of carbonyl (C=O) groups is 1. The van der Waals surface area contributed by atoms with Crippen LogP contribution >= 0.6 is 0 Å². The number of benzene rings is 1. The number of alkyl halides is 3. The number of anilines is 1. The first kappa shape index (κ1) is 15.7. The molecule has 0 saturated heterocycles. The largest absolute Gasteiger partial charge is 0.465 e. The second-order valence-corrected chi connectivity index (χ2v) is 5.30. The van der Waals surface area contributed by atoms with E-state index in [-0.39, 0.29) is 18.9 Å². The Labute approximate surface area is 121 Å². The van der Waals surface area contributed by atoms with Crippen LogP contribution in [0.15, 0.2) is 24.3 Å². The first-order valence-corrected chi connectivity index (χ1v) is 6.92. The van der Waals surface area contributed by atoms with Gasteiger partial charge in [-0.05, 0) is 49.9 Å². The van der Waals surface area contributed by atoms with Crippen LogP contribution in [0.25, 0.3) is 0 Å². The summed E-state index contributed by atoms with van der Waals surface area (Å²) in [6, 6.07) is 6.79. The molecule has 3 nitrogen and oxygen atoms in total. The van der Waals surface area contributed by atoms with Gasteiger partial charge < -0.3 is 10.1 Å². The fourth-order valence-corrected chi connectivity index (χ4v) is 2.62. The van der Waals surface area contributed by atoms with Crippen LogP contribution in [0.4, 0.5) is 18.9 Å². The Bertz CT molecular complexity index is 477. The molecular weight excluding hydrogens is 283 g/mol. The van der Waals surface area contributed by atoms with Crippen molar-refractivity contribution in [3.05, 3.63) is 29.8 Å². The minimum atomic E-state index is -4.08. The summed E-state index contributed by atoms with van der Waals surface area (Å²) in [7, 11) is 1.31. The van der Waals surface area contributed by atoms with E-state index in [0.717, 1.165) is 5.69 Å². The second kappa shape index (κ2) is 6.37. The molecule has 1 fully saturated rings. The van der Waals surface area contributed by atoms with Crippen LogP contribution in [0.1, 0.15) is 36.0 Å². The summed E-state index contributed by atoms with van der Waals surface area (Å²) in [5.74, 6) is -1.58. The average Bonchev–Trinajstić information content (AvgIpc) is 2.47. The van der Waals surface area contributed by atoms with Gasteiger partial charge in [-0.25, -0.2) is 4.79 Å². The van der Waals surface area contributed by atoms with Gasteiger partial charge in [0, 0.05) is 11.7 Å². The molecule has 1 aliphatic rings. The molecule has 1 aromatic rings. The topological polar surface area (TPSA) is 38.3 Å². The third-order valence-corrected chi connectivity index (χ3v) is 3.87. The maximum absolute atomic E-state index is 12.6. The molecule has 2 rings (SSSR count). The molecule has 6 heteroatoms. The summed E-state index contributed by atoms with van der Waals surface area (Å²) in [4.78, 5) is 11.3. The fourth-order valence-electron chi connectivity index (χ4n) is 2.62. The Morgan fingerprint density at radius 2 is 1.71 bits per heavy atom. The van der Waals surface area contributed by atoms with Gasteiger partial charge >= 0.3 is 12.1 Å². The molecule has 21 heavy (non-hydrogen) atoms. The van der Waals surface area contributed by atoms with Crippen LogP contribution in [-0.2, 0) is 4.74 Å². The highest BCUT2D eigenvalue weighted by Gasteiger charge is 2.41. The standard InChI is InChI=1S/C15H18F3NO2/c1-21-14(20)10-2-6-12(7-3-10)19-13-8-4-11(5-9-13)15(16,17)18/h2-3,6-7,11,13,19H,4-5,8-9H2,1H3. The predicted octanol–water partition coefficient (Wildman–Crippen LogP) is 4.01. The lowest BCUT2D eigenvalue weighted by Crippen LogP contribution is -2.32. The molecule has 0 bridgehead atoms. The van der Waals surface area contributed by atoms with Crippen molar-refractivity contribution in [3.63, 3.8) is 0 Å². The Kier molecular flexibility index (Phi) is 4.75. The van der Waals surface area contributed by atoms with Gasteiger partial charge in [0.15, 0.2) is 0 Å². The average molecular weight is 301 g/mol. The quantitative estimate of drug-likeness (QED) is 0.857. The van der Waals surface area contributed by atoms with Crippen molar-refractivity contribution < 1.29 is 22.7 Å². The van der Waals surface area contributed by atoms with Gasteiger partial charge in [-0.2, -0.15) is 13.2 Å². The van der Waals surface area contributed by atoms with E-state index in [1.165, 1.54) is 7.11 Å². The van der Waals surface area contributed by atoms with Gasteiger partial charge in [-0.3, -0.25) is 0 Å². The molecular formula is C15H18F3NO2. The Morgan fingerprint density at radius 1 is 1.14 bits per heavy atom. The molecule has 116 valence electrons. The number of methoxy groups -OCH3 is 1. The maximum Gasteiger partial charge on any atom is 0.391 e. The van der Waals surface area contributed by atoms with Crippen LogP contribution in [-0.4, -0.2) is 25.3 Å². The van der Waals surface area contributed by atoms with E-state index >= 15 is 0 Å². The Morgan fingerprint density at radius 3 is 2.19 bits per heavy atom. The molecule has 0 heterocycles. The van der Waals surface area contributed by atoms with Crippen LogP contribution in [0.2, 0.25) is 0 Å². The van der Waals surface area contributed by atoms with E-state index in [1.54, 1.807) is 24.3 Å². The summed E-state index contributed by atoms with van der Waals surface area (Å²) in [6.07, 6.45) is -2.73. The lowest BCUT2D eigenvalue weighted by Gasteiger charge is -2.30. The molecule has 1 N–H and O–H groups in total. The van der Waals surface area contributed by atoms with Gasteiger partial charge in [0.1, 0.15) is 0 Å². The zero-order valence-electron chi connectivity index (χ0n) is 11.7. The highest BCUT2D eigenvalue weighted by molar-refractivity contribution is 5.89. The number of ether oxygens (including phenoxy) is 1. The molecule has 0 aromatic heterocycles. The van der Waals surface area contributed by atoms with E-state index in [4.69, 9.17) is 0 Å². The molecule has 0 aliphatic heterocycles. The smallest absolute Gasteiger partial charge is 0.391 e. The summed E-state index contributed by atoms with van der Waals surface area (Å²) >= 11 is 0. The highest BCUT2D eigenvalue weighted by Crippen LogP contribution is 2.38. The normalized spacial score (nSPS) is 22.7. The van der Waals surface area contributed by atoms with Gasteiger partial charge in [0.05, 0.1) is 18.6 Å². The van der Waals surface area contributed by atoms with Gasteiger partial charge in [-0.15, -0.1) is 0 Å². The molecule has 1 aliphatic carbocycles. The molecule has 0 radical (unpaired) electrons. The lowest BCUT2D eigenvalue weighted by atomic mass is 9.85. The van der Waals surface area contributed by atoms with Crippen molar-refractivity contribution in [1.29, 1.82) is 0 Å². The fraction of sp³-hybridized carbons (Fsp3) is 0.533. The number of esters is 1. The van der Waals surface area contributed by atoms with E-state index < -0.39 is 18.1 Å². The first-order chi connectivity index (χ1) is 9.90. The second-order valence-electron chi connectivity index (χ2n) is 5.30. The number of hydrogen-bond donors (Lipinski definition) is 1. The number of halogens is 3. The monoisotopic (exact) mass is 301 g/mol. The highest BCUT2D eigenvalue weighted by atomic mass is 19.4. The van der Waals surface area contributed by atoms with Crippen molar-refractivity contribution >= 4 is 11.7 Å². The minimum absolute atomic E-state index is 0.0487. The van der Waals surface area contributed by atoms with Crippen LogP contribution in [0.5, 0.6) is 0 Å². The summed E-state index contributed by atoms with van der Waals surface area (Å²) < 4.78 is 42.4. The first-order valence-electron chi connectivity index (χ1n) is 6.92. The Hall–Kier alpha value is -1.72. The SMILES string of the molecule is COC(=O)c1ccc(NC2CCC(C(F)(F)F)CC2)cc1. The zero-order valence-corrected chi connectivity index (χ0v) is 11.7. The van der Waals surface area contributed by atoms with E-state index in [9.17, 15) is 18.0 Å². The number of nitrogens with one attached hydrogen (secondary N) is 1. The summed E-state index contributed by atoms with van der Waals surface area (Å²) in [5, 5.41) is 3.22. The van der Waals surface area contributed by atoms with Gasteiger partial charge in [0.2, 0.25) is 0 Å². The number of rotatable bonds is 3. The van der Waals surface area contributed by atoms with Crippen molar-refractivity contribution in [2.45, 2.75) is 37.9 Å². The van der Waals surface area contributed by atoms with Crippen LogP contribution in [0.3, 0.4) is 0 Å². The minimum Gasteiger partial charge on any atom is -0.465 e. The molecule has 1 aromatic carbocycles. The third-order valence-electron chi connectivity index (χ3n) is 3.87. The summed E-state index contributed by atoms with van der Waals surface area (Å²) in [5.41, 5.74) is 1.25. The van der Waals surface area contributed by atoms with E-state index in [2.05, 4.69) is 10.1 Å². The molecule has 0 atom stereocenters. The van der Waals surface area contributed by atoms with Crippen molar-refractivity contribution in [2.75, 3.05) is 12.4 Å². The van der Waals surface area contributed by atoms with Crippen molar-refractivity contribution in [1.82, 2.24) is 0 Å². The maximum atomic E-state index is 12.6. The van der Waals surface area contributed by atoms with E-state index in [0.29, 0.717) is 18.4 Å². The third kappa shape index (κ3) is 4.12. The Balaban J connectivity index is 1.88. The van der Waals surface area contributed by atoms with Crippen molar-refractivity contribution in [3.8, 4) is 0 Å². The van der Waals surface area contributed by atoms with Crippen molar-refractivity contribution in [2.24, 2.45) is 5.92 Å². The predicted molar refractivity (Wildman–Crippen MR) is 73.2 cm³/mol.